The molecule has 1 aliphatic rings. The molecule has 0 saturated carbocycles. The molecule has 0 aromatic heterocycles. The van der Waals surface area contributed by atoms with E-state index in [2.05, 4.69) is 36.5 Å². The zero-order valence-corrected chi connectivity index (χ0v) is 13.6. The van der Waals surface area contributed by atoms with E-state index in [-0.39, 0.29) is 18.0 Å². The molecule has 2 nitrogen and oxygen atoms in total. The van der Waals surface area contributed by atoms with Crippen molar-refractivity contribution in [2.24, 2.45) is 5.92 Å². The van der Waals surface area contributed by atoms with Crippen molar-refractivity contribution in [3.8, 4) is 0 Å². The van der Waals surface area contributed by atoms with Gasteiger partial charge in [-0.1, -0.05) is 60.5 Å². The molecule has 1 fully saturated rings. The molecule has 0 bridgehead atoms. The molecule has 0 aliphatic carbocycles. The molecule has 0 spiro atoms. The third-order valence-electron chi connectivity index (χ3n) is 4.50. The summed E-state index contributed by atoms with van der Waals surface area (Å²) in [6, 6.07) is 16.3. The Hall–Kier alpha value is -1.64. The van der Waals surface area contributed by atoms with Gasteiger partial charge in [0.15, 0.2) is 0 Å². The maximum Gasteiger partial charge on any atom is 0.139 e. The van der Waals surface area contributed by atoms with E-state index < -0.39 is 0 Å². The second-order valence-electron chi connectivity index (χ2n) is 6.12. The zero-order chi connectivity index (χ0) is 15.7. The van der Waals surface area contributed by atoms with Gasteiger partial charge in [0.25, 0.3) is 0 Å². The summed E-state index contributed by atoms with van der Waals surface area (Å²) < 4.78 is 0. The Morgan fingerprint density at radius 1 is 1.00 bits per heavy atom. The highest BCUT2D eigenvalue weighted by Gasteiger charge is 2.34. The molecular weight excluding hydrogens is 294 g/mol. The number of hydrogen-bond donors (Lipinski definition) is 1. The Kier molecular flexibility index (Phi) is 4.32. The van der Waals surface area contributed by atoms with Crippen LogP contribution < -0.4 is 5.32 Å². The molecule has 0 radical (unpaired) electrons. The Morgan fingerprint density at radius 2 is 1.59 bits per heavy atom. The summed E-state index contributed by atoms with van der Waals surface area (Å²) in [5.41, 5.74) is 3.51. The van der Waals surface area contributed by atoms with Crippen LogP contribution in [0.4, 0.5) is 0 Å². The van der Waals surface area contributed by atoms with Crippen molar-refractivity contribution in [2.75, 3.05) is 0 Å². The lowest BCUT2D eigenvalue weighted by Gasteiger charge is -2.35. The summed E-state index contributed by atoms with van der Waals surface area (Å²) in [5.74, 6) is 0.301. The summed E-state index contributed by atoms with van der Waals surface area (Å²) in [6.07, 6.45) is 0.533. The Bertz CT molecular complexity index is 663. The lowest BCUT2D eigenvalue weighted by atomic mass is 9.82. The van der Waals surface area contributed by atoms with Gasteiger partial charge in [0.05, 0.1) is 0 Å². The van der Waals surface area contributed by atoms with Gasteiger partial charge in [-0.3, -0.25) is 4.79 Å². The van der Waals surface area contributed by atoms with Crippen molar-refractivity contribution >= 4 is 17.4 Å². The topological polar surface area (TPSA) is 29.1 Å². The third kappa shape index (κ3) is 3.08. The van der Waals surface area contributed by atoms with Crippen molar-refractivity contribution in [1.29, 1.82) is 0 Å². The van der Waals surface area contributed by atoms with Gasteiger partial charge in [-0.15, -0.1) is 0 Å². The van der Waals surface area contributed by atoms with Crippen molar-refractivity contribution in [2.45, 2.75) is 32.4 Å². The Morgan fingerprint density at radius 3 is 2.23 bits per heavy atom. The van der Waals surface area contributed by atoms with Crippen LogP contribution in [0.1, 0.15) is 42.1 Å². The van der Waals surface area contributed by atoms with Gasteiger partial charge in [-0.25, -0.2) is 0 Å². The second-order valence-corrected chi connectivity index (χ2v) is 6.55. The fourth-order valence-electron chi connectivity index (χ4n) is 3.06. The quantitative estimate of drug-likeness (QED) is 0.876. The van der Waals surface area contributed by atoms with Gasteiger partial charge in [-0.2, -0.15) is 0 Å². The van der Waals surface area contributed by atoms with Crippen LogP contribution in [0, 0.1) is 12.8 Å². The van der Waals surface area contributed by atoms with Crippen molar-refractivity contribution in [1.82, 2.24) is 5.32 Å². The first-order chi connectivity index (χ1) is 10.5. The van der Waals surface area contributed by atoms with Gasteiger partial charge < -0.3 is 5.32 Å². The molecule has 2 aromatic carbocycles. The molecule has 1 aliphatic heterocycles. The summed E-state index contributed by atoms with van der Waals surface area (Å²) >= 11 is 5.95. The molecule has 3 heteroatoms. The van der Waals surface area contributed by atoms with Crippen LogP contribution in [0.25, 0.3) is 0 Å². The summed E-state index contributed by atoms with van der Waals surface area (Å²) in [7, 11) is 0. The molecule has 1 N–H and O–H groups in total. The van der Waals surface area contributed by atoms with Gasteiger partial charge in [0.2, 0.25) is 0 Å². The highest BCUT2D eigenvalue weighted by molar-refractivity contribution is 6.30. The predicted molar refractivity (Wildman–Crippen MR) is 90.0 cm³/mol. The molecule has 3 atom stereocenters. The van der Waals surface area contributed by atoms with Crippen molar-refractivity contribution < 1.29 is 4.79 Å². The number of rotatable bonds is 2. The fraction of sp³-hybridized carbons (Fsp3) is 0.316. The maximum atomic E-state index is 12.4. The molecule has 2 aromatic rings. The largest absolute Gasteiger partial charge is 0.302 e. The van der Waals surface area contributed by atoms with Crippen LogP contribution in [0.2, 0.25) is 5.02 Å². The number of halogens is 1. The first-order valence-electron chi connectivity index (χ1n) is 7.65. The number of ketones is 1. The van der Waals surface area contributed by atoms with E-state index in [9.17, 15) is 4.79 Å². The number of hydrogen-bond acceptors (Lipinski definition) is 2. The number of piperidine rings is 1. The monoisotopic (exact) mass is 313 g/mol. The third-order valence-corrected chi connectivity index (χ3v) is 4.75. The predicted octanol–water partition coefficient (Wildman–Crippen LogP) is 4.63. The summed E-state index contributed by atoms with van der Waals surface area (Å²) in [5, 5.41) is 4.36. The van der Waals surface area contributed by atoms with Gasteiger partial charge in [-0.05, 0) is 30.2 Å². The fourth-order valence-corrected chi connectivity index (χ4v) is 3.19. The Labute approximate surface area is 136 Å². The van der Waals surface area contributed by atoms with Gasteiger partial charge in [0.1, 0.15) is 5.78 Å². The van der Waals surface area contributed by atoms with E-state index in [1.54, 1.807) is 0 Å². The summed E-state index contributed by atoms with van der Waals surface area (Å²) in [6.45, 7) is 4.08. The lowest BCUT2D eigenvalue weighted by molar-refractivity contribution is -0.126. The van der Waals surface area contributed by atoms with Crippen LogP contribution in [-0.4, -0.2) is 5.78 Å². The first-order valence-corrected chi connectivity index (χ1v) is 8.03. The standard InChI is InChI=1S/C19H20ClNO/c1-12-3-5-15(6-4-12)19-13(2)18(22)11-17(21-19)14-7-9-16(20)10-8-14/h3-10,13,17,19,21H,11H2,1-2H3. The zero-order valence-electron chi connectivity index (χ0n) is 12.8. The molecule has 1 saturated heterocycles. The SMILES string of the molecule is Cc1ccc(C2NC(c3ccc(Cl)cc3)CC(=O)C2C)cc1. The van der Waals surface area contributed by atoms with Crippen LogP contribution >= 0.6 is 11.6 Å². The maximum absolute atomic E-state index is 12.4. The minimum Gasteiger partial charge on any atom is -0.302 e. The highest BCUT2D eigenvalue weighted by atomic mass is 35.5. The lowest BCUT2D eigenvalue weighted by Crippen LogP contribution is -2.41. The number of carbonyl (C=O) groups excluding carboxylic acids is 1. The first kappa shape index (κ1) is 15.3. The van der Waals surface area contributed by atoms with E-state index in [1.807, 2.05) is 31.2 Å². The summed E-state index contributed by atoms with van der Waals surface area (Å²) in [4.78, 5) is 12.4. The molecule has 1 heterocycles. The minimum atomic E-state index is -0.00810. The number of carbonyl (C=O) groups is 1. The van der Waals surface area contributed by atoms with Gasteiger partial charge >= 0.3 is 0 Å². The molecular formula is C19H20ClNO. The number of benzene rings is 2. The van der Waals surface area contributed by atoms with Gasteiger partial charge in [0, 0.05) is 29.4 Å². The van der Waals surface area contributed by atoms with E-state index in [4.69, 9.17) is 11.6 Å². The van der Waals surface area contributed by atoms with Crippen LogP contribution in [0.5, 0.6) is 0 Å². The normalized spacial score (nSPS) is 25.2. The average Bonchev–Trinajstić information content (AvgIpc) is 2.52. The molecule has 22 heavy (non-hydrogen) atoms. The Balaban J connectivity index is 1.88. The number of nitrogens with one attached hydrogen (secondary N) is 1. The molecule has 3 rings (SSSR count). The van der Waals surface area contributed by atoms with Crippen LogP contribution in [0.15, 0.2) is 48.5 Å². The van der Waals surface area contributed by atoms with E-state index in [0.717, 1.165) is 5.56 Å². The van der Waals surface area contributed by atoms with E-state index in [0.29, 0.717) is 17.2 Å². The molecule has 0 amide bonds. The second kappa shape index (κ2) is 6.23. The van der Waals surface area contributed by atoms with E-state index >= 15 is 0 Å². The van der Waals surface area contributed by atoms with Crippen LogP contribution in [-0.2, 0) is 4.79 Å². The van der Waals surface area contributed by atoms with Crippen molar-refractivity contribution in [3.05, 3.63) is 70.2 Å². The smallest absolute Gasteiger partial charge is 0.139 e. The van der Waals surface area contributed by atoms with Crippen LogP contribution in [0.3, 0.4) is 0 Å². The molecule has 114 valence electrons. The van der Waals surface area contributed by atoms with E-state index in [1.165, 1.54) is 11.1 Å². The highest BCUT2D eigenvalue weighted by Crippen LogP contribution is 2.35. The average molecular weight is 314 g/mol. The minimum absolute atomic E-state index is 0.00810. The molecule has 3 unspecified atom stereocenters. The number of Topliss-reactive ketones (excluding diaryl/α,β-unsaturated/α-hetero) is 1. The van der Waals surface area contributed by atoms with Crippen molar-refractivity contribution in [3.63, 3.8) is 0 Å². The number of aryl methyl sites for hydroxylation is 1.